The highest BCUT2D eigenvalue weighted by atomic mass is 14.1. The zero-order valence-electron chi connectivity index (χ0n) is 11.4. The second-order valence-corrected chi connectivity index (χ2v) is 5.00. The fraction of sp³-hybridized carbons (Fsp3) is 1.00. The Bertz CT molecular complexity index is 107. The van der Waals surface area contributed by atoms with Crippen LogP contribution in [0.5, 0.6) is 0 Å². The molecular formula is C15H32. The molecule has 0 amide bonds. The van der Waals surface area contributed by atoms with Crippen molar-refractivity contribution in [2.45, 2.75) is 91.4 Å². The lowest BCUT2D eigenvalue weighted by Crippen LogP contribution is -2.00. The van der Waals surface area contributed by atoms with Gasteiger partial charge in [-0.15, -0.1) is 0 Å². The third-order valence-corrected chi connectivity index (χ3v) is 3.38. The third-order valence-electron chi connectivity index (χ3n) is 3.38. The Morgan fingerprint density at radius 1 is 0.533 bits per heavy atom. The van der Waals surface area contributed by atoms with Gasteiger partial charge in [-0.1, -0.05) is 91.4 Å². The molecule has 0 fully saturated rings. The second-order valence-electron chi connectivity index (χ2n) is 5.00. The predicted molar refractivity (Wildman–Crippen MR) is 71.3 cm³/mol. The SMILES string of the molecule is CCCCCCC(CCC)CCCCC. The summed E-state index contributed by atoms with van der Waals surface area (Å²) in [5.74, 6) is 1.04. The Morgan fingerprint density at radius 3 is 1.60 bits per heavy atom. The van der Waals surface area contributed by atoms with Gasteiger partial charge in [-0.3, -0.25) is 0 Å². The van der Waals surface area contributed by atoms with E-state index in [2.05, 4.69) is 20.8 Å². The van der Waals surface area contributed by atoms with E-state index in [4.69, 9.17) is 0 Å². The summed E-state index contributed by atoms with van der Waals surface area (Å²) in [7, 11) is 0. The van der Waals surface area contributed by atoms with Crippen LogP contribution in [0.4, 0.5) is 0 Å². The van der Waals surface area contributed by atoms with Gasteiger partial charge in [-0.2, -0.15) is 0 Å². The van der Waals surface area contributed by atoms with Crippen LogP contribution in [0.15, 0.2) is 0 Å². The van der Waals surface area contributed by atoms with Gasteiger partial charge in [-0.05, 0) is 5.92 Å². The van der Waals surface area contributed by atoms with E-state index in [9.17, 15) is 0 Å². The molecular weight excluding hydrogens is 180 g/mol. The highest BCUT2D eigenvalue weighted by Crippen LogP contribution is 2.22. The van der Waals surface area contributed by atoms with Gasteiger partial charge in [0.05, 0.1) is 0 Å². The first-order valence-corrected chi connectivity index (χ1v) is 7.35. The average molecular weight is 212 g/mol. The highest BCUT2D eigenvalue weighted by Gasteiger charge is 2.06. The molecule has 15 heavy (non-hydrogen) atoms. The molecule has 1 unspecified atom stereocenters. The van der Waals surface area contributed by atoms with E-state index in [0.717, 1.165) is 5.92 Å². The largest absolute Gasteiger partial charge is 0.0654 e. The van der Waals surface area contributed by atoms with Gasteiger partial charge in [0.25, 0.3) is 0 Å². The minimum absolute atomic E-state index is 1.04. The van der Waals surface area contributed by atoms with Gasteiger partial charge in [-0.25, -0.2) is 0 Å². The summed E-state index contributed by atoms with van der Waals surface area (Å²) in [5, 5.41) is 0. The molecule has 0 aliphatic heterocycles. The lowest BCUT2D eigenvalue weighted by Gasteiger charge is -2.15. The molecule has 0 rings (SSSR count). The van der Waals surface area contributed by atoms with Crippen molar-refractivity contribution in [1.82, 2.24) is 0 Å². The van der Waals surface area contributed by atoms with Gasteiger partial charge < -0.3 is 0 Å². The van der Waals surface area contributed by atoms with Gasteiger partial charge in [0.15, 0.2) is 0 Å². The van der Waals surface area contributed by atoms with Crippen LogP contribution in [0.3, 0.4) is 0 Å². The smallest absolute Gasteiger partial charge is 0.0414 e. The molecule has 0 aliphatic rings. The Kier molecular flexibility index (Phi) is 12.1. The minimum atomic E-state index is 1.04. The first-order valence-electron chi connectivity index (χ1n) is 7.35. The van der Waals surface area contributed by atoms with E-state index in [-0.39, 0.29) is 0 Å². The molecule has 1 atom stereocenters. The minimum Gasteiger partial charge on any atom is -0.0654 e. The molecule has 0 heteroatoms. The Morgan fingerprint density at radius 2 is 1.07 bits per heavy atom. The molecule has 0 nitrogen and oxygen atoms in total. The maximum atomic E-state index is 2.33. The van der Waals surface area contributed by atoms with Crippen molar-refractivity contribution in [3.8, 4) is 0 Å². The molecule has 0 bridgehead atoms. The fourth-order valence-electron chi connectivity index (χ4n) is 2.38. The molecule has 0 aromatic carbocycles. The normalized spacial score (nSPS) is 13.0. The monoisotopic (exact) mass is 212 g/mol. The summed E-state index contributed by atoms with van der Waals surface area (Å²) in [6, 6.07) is 0. The summed E-state index contributed by atoms with van der Waals surface area (Å²) in [6.45, 7) is 6.93. The fourth-order valence-corrected chi connectivity index (χ4v) is 2.38. The molecule has 0 aliphatic carbocycles. The van der Waals surface area contributed by atoms with Gasteiger partial charge in [0.1, 0.15) is 0 Å². The van der Waals surface area contributed by atoms with Crippen molar-refractivity contribution in [3.63, 3.8) is 0 Å². The van der Waals surface area contributed by atoms with E-state index in [0.29, 0.717) is 0 Å². The van der Waals surface area contributed by atoms with Gasteiger partial charge in [0.2, 0.25) is 0 Å². The number of hydrogen-bond acceptors (Lipinski definition) is 0. The number of rotatable bonds is 11. The summed E-state index contributed by atoms with van der Waals surface area (Å²) in [5.41, 5.74) is 0. The van der Waals surface area contributed by atoms with Crippen LogP contribution < -0.4 is 0 Å². The molecule has 0 N–H and O–H groups in total. The van der Waals surface area contributed by atoms with Crippen LogP contribution >= 0.6 is 0 Å². The van der Waals surface area contributed by atoms with Crippen molar-refractivity contribution in [2.75, 3.05) is 0 Å². The van der Waals surface area contributed by atoms with Gasteiger partial charge >= 0.3 is 0 Å². The summed E-state index contributed by atoms with van der Waals surface area (Å²) in [6.07, 6.45) is 15.9. The van der Waals surface area contributed by atoms with Crippen molar-refractivity contribution >= 4 is 0 Å². The first-order chi connectivity index (χ1) is 7.35. The topological polar surface area (TPSA) is 0 Å². The predicted octanol–water partition coefficient (Wildman–Crippen LogP) is 5.95. The van der Waals surface area contributed by atoms with Crippen LogP contribution in [0.2, 0.25) is 0 Å². The summed E-state index contributed by atoms with van der Waals surface area (Å²) < 4.78 is 0. The molecule has 0 spiro atoms. The van der Waals surface area contributed by atoms with E-state index >= 15 is 0 Å². The summed E-state index contributed by atoms with van der Waals surface area (Å²) in [4.78, 5) is 0. The lowest BCUT2D eigenvalue weighted by molar-refractivity contribution is 0.381. The molecule has 0 saturated carbocycles. The van der Waals surface area contributed by atoms with Crippen LogP contribution in [-0.2, 0) is 0 Å². The maximum absolute atomic E-state index is 2.33. The second kappa shape index (κ2) is 12.1. The van der Waals surface area contributed by atoms with E-state index in [1.54, 1.807) is 0 Å². The van der Waals surface area contributed by atoms with Crippen LogP contribution in [0, 0.1) is 5.92 Å². The van der Waals surface area contributed by atoms with Crippen molar-refractivity contribution in [1.29, 1.82) is 0 Å². The average Bonchev–Trinajstić information content (AvgIpc) is 2.24. The van der Waals surface area contributed by atoms with Crippen LogP contribution in [0.1, 0.15) is 91.4 Å². The first kappa shape index (κ1) is 15.0. The van der Waals surface area contributed by atoms with Crippen molar-refractivity contribution in [2.24, 2.45) is 5.92 Å². The zero-order valence-corrected chi connectivity index (χ0v) is 11.4. The van der Waals surface area contributed by atoms with Crippen molar-refractivity contribution < 1.29 is 0 Å². The molecule has 0 heterocycles. The van der Waals surface area contributed by atoms with E-state index in [1.807, 2.05) is 0 Å². The van der Waals surface area contributed by atoms with E-state index in [1.165, 1.54) is 70.6 Å². The Balaban J connectivity index is 3.44. The number of unbranched alkanes of at least 4 members (excludes halogenated alkanes) is 5. The van der Waals surface area contributed by atoms with Gasteiger partial charge in [0, 0.05) is 0 Å². The number of hydrogen-bond donors (Lipinski definition) is 0. The Labute approximate surface area is 97.8 Å². The zero-order chi connectivity index (χ0) is 11.4. The molecule has 0 aromatic rings. The van der Waals surface area contributed by atoms with Crippen molar-refractivity contribution in [3.05, 3.63) is 0 Å². The Hall–Kier alpha value is 0. The highest BCUT2D eigenvalue weighted by molar-refractivity contribution is 4.59. The van der Waals surface area contributed by atoms with Crippen LogP contribution in [-0.4, -0.2) is 0 Å². The standard InChI is InChI=1S/C15H32/c1-4-7-9-11-14-15(12-6-3)13-10-8-5-2/h15H,4-14H2,1-3H3. The molecule has 0 radical (unpaired) electrons. The molecule has 0 aromatic heterocycles. The summed E-state index contributed by atoms with van der Waals surface area (Å²) >= 11 is 0. The molecule has 0 saturated heterocycles. The quantitative estimate of drug-likeness (QED) is 0.371. The molecule has 92 valence electrons. The van der Waals surface area contributed by atoms with E-state index < -0.39 is 0 Å². The maximum Gasteiger partial charge on any atom is -0.0414 e. The third kappa shape index (κ3) is 10.3. The lowest BCUT2D eigenvalue weighted by atomic mass is 9.91. The van der Waals surface area contributed by atoms with Crippen LogP contribution in [0.25, 0.3) is 0 Å².